The highest BCUT2D eigenvalue weighted by Gasteiger charge is 2.05. The maximum atomic E-state index is 11.5. The molecule has 1 rings (SSSR count). The van der Waals surface area contributed by atoms with Crippen LogP contribution in [0.4, 0.5) is 10.5 Å². The van der Waals surface area contributed by atoms with Crippen LogP contribution in [0.15, 0.2) is 21.5 Å². The zero-order chi connectivity index (χ0) is 10.7. The number of amides is 2. The Bertz CT molecular complexity index is 414. The molecular formula is C8H10BrN3O2. The number of anilines is 1. The summed E-state index contributed by atoms with van der Waals surface area (Å²) in [5, 5.41) is 4.79. The molecule has 5 nitrogen and oxygen atoms in total. The number of carbonyl (C=O) groups is 1. The first-order chi connectivity index (χ1) is 6.54. The minimum atomic E-state index is -0.416. The van der Waals surface area contributed by atoms with E-state index in [1.807, 2.05) is 0 Å². The molecule has 0 fully saturated rings. The first kappa shape index (κ1) is 10.8. The zero-order valence-electron chi connectivity index (χ0n) is 7.80. The molecule has 1 heterocycles. The molecule has 76 valence electrons. The van der Waals surface area contributed by atoms with Crippen molar-refractivity contribution in [3.63, 3.8) is 0 Å². The molecule has 1 aromatic heterocycles. The van der Waals surface area contributed by atoms with Crippen molar-refractivity contribution in [2.75, 3.05) is 12.4 Å². The lowest BCUT2D eigenvalue weighted by molar-refractivity contribution is 0.254. The van der Waals surface area contributed by atoms with Crippen molar-refractivity contribution in [2.45, 2.75) is 0 Å². The van der Waals surface area contributed by atoms with Gasteiger partial charge < -0.3 is 15.2 Å². The first-order valence-corrected chi connectivity index (χ1v) is 4.69. The quantitative estimate of drug-likeness (QED) is 0.788. The van der Waals surface area contributed by atoms with Gasteiger partial charge in [-0.3, -0.25) is 4.79 Å². The van der Waals surface area contributed by atoms with E-state index in [1.165, 1.54) is 11.6 Å². The number of nitrogens with zero attached hydrogens (tertiary/aromatic N) is 1. The Morgan fingerprint density at radius 2 is 2.21 bits per heavy atom. The molecule has 0 aliphatic rings. The largest absolute Gasteiger partial charge is 0.341 e. The average molecular weight is 260 g/mol. The number of hydrogen-bond donors (Lipinski definition) is 2. The molecule has 0 aromatic carbocycles. The van der Waals surface area contributed by atoms with Crippen molar-refractivity contribution in [3.05, 3.63) is 27.1 Å². The molecule has 0 saturated heterocycles. The molecule has 2 amide bonds. The Morgan fingerprint density at radius 3 is 2.79 bits per heavy atom. The molecule has 14 heavy (non-hydrogen) atoms. The monoisotopic (exact) mass is 259 g/mol. The van der Waals surface area contributed by atoms with Gasteiger partial charge in [-0.15, -0.1) is 0 Å². The van der Waals surface area contributed by atoms with Gasteiger partial charge in [-0.1, -0.05) is 0 Å². The summed E-state index contributed by atoms with van der Waals surface area (Å²) in [6, 6.07) is 1.14. The zero-order valence-corrected chi connectivity index (χ0v) is 9.38. The summed E-state index contributed by atoms with van der Waals surface area (Å²) in [4.78, 5) is 22.4. The fourth-order valence-corrected chi connectivity index (χ4v) is 1.48. The summed E-state index contributed by atoms with van der Waals surface area (Å²) in [5.41, 5.74) is -0.0157. The van der Waals surface area contributed by atoms with Gasteiger partial charge in [-0.2, -0.15) is 0 Å². The summed E-state index contributed by atoms with van der Waals surface area (Å²) in [6.45, 7) is 0. The molecule has 0 saturated carbocycles. The summed E-state index contributed by atoms with van der Waals surface area (Å²) in [7, 11) is 3.10. The van der Waals surface area contributed by atoms with Crippen LogP contribution >= 0.6 is 15.9 Å². The maximum Gasteiger partial charge on any atom is 0.319 e. The molecule has 2 N–H and O–H groups in total. The number of nitrogens with one attached hydrogen (secondary N) is 2. The smallest absolute Gasteiger partial charge is 0.319 e. The molecule has 0 aliphatic heterocycles. The van der Waals surface area contributed by atoms with E-state index in [0.717, 1.165) is 4.47 Å². The first-order valence-electron chi connectivity index (χ1n) is 3.89. The number of halogens is 1. The van der Waals surface area contributed by atoms with Crippen molar-refractivity contribution in [1.29, 1.82) is 0 Å². The van der Waals surface area contributed by atoms with Gasteiger partial charge in [0.15, 0.2) is 0 Å². The van der Waals surface area contributed by atoms with Crippen LogP contribution in [0.2, 0.25) is 0 Å². The van der Waals surface area contributed by atoms with Gasteiger partial charge in [0.05, 0.1) is 0 Å². The van der Waals surface area contributed by atoms with Crippen LogP contribution in [0, 0.1) is 0 Å². The second-order valence-corrected chi connectivity index (χ2v) is 3.61. The Kier molecular flexibility index (Phi) is 3.29. The number of carbonyl (C=O) groups excluding carboxylic acids is 1. The number of pyridine rings is 1. The third-order valence-corrected chi connectivity index (χ3v) is 2.06. The molecule has 0 radical (unpaired) electrons. The van der Waals surface area contributed by atoms with Crippen molar-refractivity contribution >= 4 is 27.6 Å². The molecule has 0 aliphatic carbocycles. The number of aromatic nitrogens is 1. The van der Waals surface area contributed by atoms with E-state index in [9.17, 15) is 9.59 Å². The van der Waals surface area contributed by atoms with Gasteiger partial charge in [-0.05, 0) is 22.0 Å². The second kappa shape index (κ2) is 4.28. The Hall–Kier alpha value is -1.30. The van der Waals surface area contributed by atoms with Crippen molar-refractivity contribution in [1.82, 2.24) is 9.88 Å². The van der Waals surface area contributed by atoms with Crippen LogP contribution in [-0.2, 0) is 7.05 Å². The van der Waals surface area contributed by atoms with Gasteiger partial charge in [0.2, 0.25) is 0 Å². The molecule has 0 spiro atoms. The van der Waals surface area contributed by atoms with Gasteiger partial charge >= 0.3 is 6.03 Å². The van der Waals surface area contributed by atoms with E-state index < -0.39 is 6.03 Å². The minimum Gasteiger partial charge on any atom is -0.341 e. The number of urea groups is 1. The van der Waals surface area contributed by atoms with Gasteiger partial charge in [0.25, 0.3) is 5.56 Å². The third-order valence-electron chi connectivity index (χ3n) is 1.63. The predicted molar refractivity (Wildman–Crippen MR) is 57.5 cm³/mol. The van der Waals surface area contributed by atoms with Crippen molar-refractivity contribution < 1.29 is 4.79 Å². The van der Waals surface area contributed by atoms with E-state index in [1.54, 1.807) is 19.3 Å². The number of aryl methyl sites for hydroxylation is 1. The fraction of sp³-hybridized carbons (Fsp3) is 0.250. The topological polar surface area (TPSA) is 63.1 Å². The molecule has 0 unspecified atom stereocenters. The summed E-state index contributed by atoms with van der Waals surface area (Å²) < 4.78 is 2.11. The predicted octanol–water partition coefficient (Wildman–Crippen LogP) is 0.899. The SMILES string of the molecule is CNC(=O)Nc1cc(Br)cn(C)c1=O. The van der Waals surface area contributed by atoms with E-state index in [0.29, 0.717) is 0 Å². The lowest BCUT2D eigenvalue weighted by atomic mass is 10.4. The molecule has 0 bridgehead atoms. The second-order valence-electron chi connectivity index (χ2n) is 2.69. The average Bonchev–Trinajstić information content (AvgIpc) is 2.13. The van der Waals surface area contributed by atoms with Crippen molar-refractivity contribution in [2.24, 2.45) is 7.05 Å². The molecule has 1 aromatic rings. The highest BCUT2D eigenvalue weighted by Crippen LogP contribution is 2.10. The van der Waals surface area contributed by atoms with E-state index >= 15 is 0 Å². The Labute approximate surface area is 89.2 Å². The molecule has 0 atom stereocenters. The maximum absolute atomic E-state index is 11.5. The van der Waals surface area contributed by atoms with Gasteiger partial charge in [0, 0.05) is 24.8 Å². The fourth-order valence-electron chi connectivity index (χ4n) is 0.945. The van der Waals surface area contributed by atoms with Crippen LogP contribution in [0.3, 0.4) is 0 Å². The summed E-state index contributed by atoms with van der Waals surface area (Å²) >= 11 is 3.23. The van der Waals surface area contributed by atoms with Crippen LogP contribution < -0.4 is 16.2 Å². The van der Waals surface area contributed by atoms with E-state index in [4.69, 9.17) is 0 Å². The normalized spacial score (nSPS) is 9.64. The Balaban J connectivity index is 3.09. The minimum absolute atomic E-state index is 0.237. The lowest BCUT2D eigenvalue weighted by Gasteiger charge is -2.06. The third kappa shape index (κ3) is 2.35. The van der Waals surface area contributed by atoms with Crippen LogP contribution in [-0.4, -0.2) is 17.6 Å². The van der Waals surface area contributed by atoms with Crippen LogP contribution in [0.25, 0.3) is 0 Å². The van der Waals surface area contributed by atoms with Crippen molar-refractivity contribution in [3.8, 4) is 0 Å². The van der Waals surface area contributed by atoms with Gasteiger partial charge in [-0.25, -0.2) is 4.79 Å². The number of rotatable bonds is 1. The summed E-state index contributed by atoms with van der Waals surface area (Å²) in [6.07, 6.45) is 1.62. The molecule has 6 heteroatoms. The highest BCUT2D eigenvalue weighted by molar-refractivity contribution is 9.10. The highest BCUT2D eigenvalue weighted by atomic mass is 79.9. The van der Waals surface area contributed by atoms with Crippen LogP contribution in [0.1, 0.15) is 0 Å². The lowest BCUT2D eigenvalue weighted by Crippen LogP contribution is -2.29. The summed E-state index contributed by atoms with van der Waals surface area (Å²) in [5.74, 6) is 0. The standard InChI is InChI=1S/C8H10BrN3O2/c1-10-8(14)11-6-3-5(9)4-12(2)7(6)13/h3-4H,1-2H3,(H2,10,11,14). The van der Waals surface area contributed by atoms with Crippen LogP contribution in [0.5, 0.6) is 0 Å². The number of hydrogen-bond acceptors (Lipinski definition) is 2. The molecular weight excluding hydrogens is 250 g/mol. The van der Waals surface area contributed by atoms with E-state index in [2.05, 4.69) is 26.6 Å². The van der Waals surface area contributed by atoms with E-state index in [-0.39, 0.29) is 11.2 Å². The Morgan fingerprint density at radius 1 is 1.57 bits per heavy atom. The van der Waals surface area contributed by atoms with Gasteiger partial charge in [0.1, 0.15) is 5.69 Å².